The molecule has 2 aromatic carbocycles. The Labute approximate surface area is 162 Å². The van der Waals surface area contributed by atoms with Gasteiger partial charge >= 0.3 is 5.97 Å². The summed E-state index contributed by atoms with van der Waals surface area (Å²) < 4.78 is 21.4. The van der Waals surface area contributed by atoms with Crippen molar-refractivity contribution < 1.29 is 23.7 Å². The van der Waals surface area contributed by atoms with Crippen LogP contribution in [0.5, 0.6) is 17.2 Å². The molecule has 27 heavy (non-hydrogen) atoms. The predicted octanol–water partition coefficient (Wildman–Crippen LogP) is 4.10. The number of para-hydroxylation sites is 1. The normalized spacial score (nSPS) is 14.7. The molecule has 0 saturated heterocycles. The van der Waals surface area contributed by atoms with Crippen LogP contribution in [0.4, 0.5) is 0 Å². The minimum absolute atomic E-state index is 0.152. The average molecular weight is 388 g/mol. The summed E-state index contributed by atoms with van der Waals surface area (Å²) in [6.07, 6.45) is 1.58. The molecule has 1 aliphatic heterocycles. The SMILES string of the molecule is CCOc1cc(/C=C2\N=C(c3ccccc3OC)OC2=O)cc(Cl)c1OC. The maximum atomic E-state index is 12.2. The number of carbonyl (C=O) groups is 1. The van der Waals surface area contributed by atoms with Crippen LogP contribution in [-0.4, -0.2) is 32.7 Å². The highest BCUT2D eigenvalue weighted by Gasteiger charge is 2.26. The number of hydrogen-bond acceptors (Lipinski definition) is 6. The van der Waals surface area contributed by atoms with Gasteiger partial charge < -0.3 is 18.9 Å². The zero-order valence-electron chi connectivity index (χ0n) is 15.1. The first kappa shape index (κ1) is 18.8. The summed E-state index contributed by atoms with van der Waals surface area (Å²) in [7, 11) is 3.06. The van der Waals surface area contributed by atoms with Gasteiger partial charge in [-0.05, 0) is 42.8 Å². The van der Waals surface area contributed by atoms with Crippen molar-refractivity contribution in [1.29, 1.82) is 0 Å². The number of carbonyl (C=O) groups excluding carboxylic acids is 1. The summed E-state index contributed by atoms with van der Waals surface area (Å²) in [5.41, 5.74) is 1.39. The van der Waals surface area contributed by atoms with Crippen molar-refractivity contribution in [2.24, 2.45) is 4.99 Å². The summed E-state index contributed by atoms with van der Waals surface area (Å²) in [6.45, 7) is 2.31. The molecule has 0 radical (unpaired) electrons. The largest absolute Gasteiger partial charge is 0.496 e. The van der Waals surface area contributed by atoms with Gasteiger partial charge in [-0.2, -0.15) is 0 Å². The molecule has 1 heterocycles. The fourth-order valence-corrected chi connectivity index (χ4v) is 2.93. The highest BCUT2D eigenvalue weighted by atomic mass is 35.5. The molecule has 0 bridgehead atoms. The predicted molar refractivity (Wildman–Crippen MR) is 103 cm³/mol. The van der Waals surface area contributed by atoms with E-state index in [2.05, 4.69) is 4.99 Å². The highest BCUT2D eigenvalue weighted by molar-refractivity contribution is 6.32. The molecular formula is C20H18ClNO5. The highest BCUT2D eigenvalue weighted by Crippen LogP contribution is 2.37. The Bertz CT molecular complexity index is 936. The quantitative estimate of drug-likeness (QED) is 0.551. The molecule has 0 fully saturated rings. The van der Waals surface area contributed by atoms with Crippen LogP contribution in [0.3, 0.4) is 0 Å². The van der Waals surface area contributed by atoms with Crippen LogP contribution in [0.25, 0.3) is 6.08 Å². The molecular weight excluding hydrogens is 370 g/mol. The van der Waals surface area contributed by atoms with Gasteiger partial charge in [0.15, 0.2) is 17.2 Å². The third kappa shape index (κ3) is 3.90. The van der Waals surface area contributed by atoms with Crippen molar-refractivity contribution in [1.82, 2.24) is 0 Å². The second-order valence-electron chi connectivity index (χ2n) is 5.50. The maximum Gasteiger partial charge on any atom is 0.363 e. The molecule has 0 unspecified atom stereocenters. The Morgan fingerprint density at radius 2 is 1.93 bits per heavy atom. The lowest BCUT2D eigenvalue weighted by Crippen LogP contribution is -2.06. The molecule has 7 heteroatoms. The Balaban J connectivity index is 2.00. The summed E-state index contributed by atoms with van der Waals surface area (Å²) in [5.74, 6) is 1.12. The van der Waals surface area contributed by atoms with Crippen molar-refractivity contribution in [3.63, 3.8) is 0 Å². The Hall–Kier alpha value is -2.99. The number of nitrogens with zero attached hydrogens (tertiary/aromatic N) is 1. The standard InChI is InChI=1S/C20H18ClNO5/c1-4-26-17-11-12(9-14(21)18(17)25-3)10-15-20(23)27-19(22-15)13-7-5-6-8-16(13)24-2/h5-11H,4H2,1-3H3/b15-10-. The molecule has 0 saturated carbocycles. The zero-order chi connectivity index (χ0) is 19.4. The minimum Gasteiger partial charge on any atom is -0.496 e. The second-order valence-corrected chi connectivity index (χ2v) is 5.91. The molecule has 2 aromatic rings. The first-order valence-electron chi connectivity index (χ1n) is 8.23. The topological polar surface area (TPSA) is 66.3 Å². The van der Waals surface area contributed by atoms with Gasteiger partial charge in [0.1, 0.15) is 5.75 Å². The van der Waals surface area contributed by atoms with Crippen LogP contribution in [0, 0.1) is 0 Å². The maximum absolute atomic E-state index is 12.2. The van der Waals surface area contributed by atoms with Crippen LogP contribution >= 0.6 is 11.6 Å². The van der Waals surface area contributed by atoms with E-state index in [4.69, 9.17) is 30.5 Å². The van der Waals surface area contributed by atoms with Gasteiger partial charge in [0, 0.05) is 0 Å². The van der Waals surface area contributed by atoms with Crippen LogP contribution in [0.2, 0.25) is 5.02 Å². The van der Waals surface area contributed by atoms with E-state index in [0.717, 1.165) is 0 Å². The molecule has 0 aromatic heterocycles. The number of hydrogen-bond donors (Lipinski definition) is 0. The number of rotatable bonds is 6. The number of halogens is 1. The molecule has 140 valence electrons. The first-order chi connectivity index (χ1) is 13.1. The number of esters is 1. The fourth-order valence-electron chi connectivity index (χ4n) is 2.64. The lowest BCUT2D eigenvalue weighted by molar-refractivity contribution is -0.129. The second kappa shape index (κ2) is 8.14. The fraction of sp³-hybridized carbons (Fsp3) is 0.200. The lowest BCUT2D eigenvalue weighted by Gasteiger charge is -2.11. The van der Waals surface area contributed by atoms with Crippen LogP contribution < -0.4 is 14.2 Å². The van der Waals surface area contributed by atoms with Crippen LogP contribution in [-0.2, 0) is 9.53 Å². The average Bonchev–Trinajstić information content (AvgIpc) is 3.02. The number of aliphatic imine (C=N–C) groups is 1. The van der Waals surface area contributed by atoms with Crippen molar-refractivity contribution in [2.45, 2.75) is 6.92 Å². The molecule has 1 aliphatic rings. The van der Waals surface area contributed by atoms with Crippen LogP contribution in [0.1, 0.15) is 18.1 Å². The van der Waals surface area contributed by atoms with Gasteiger partial charge in [0.2, 0.25) is 5.90 Å². The van der Waals surface area contributed by atoms with Gasteiger partial charge in [-0.1, -0.05) is 23.7 Å². The van der Waals surface area contributed by atoms with Crippen molar-refractivity contribution in [3.8, 4) is 17.2 Å². The third-order valence-corrected chi connectivity index (χ3v) is 4.08. The molecule has 6 nitrogen and oxygen atoms in total. The van der Waals surface area contributed by atoms with Gasteiger partial charge in [0.25, 0.3) is 0 Å². The molecule has 0 atom stereocenters. The summed E-state index contributed by atoms with van der Waals surface area (Å²) in [6, 6.07) is 10.6. The molecule has 0 aliphatic carbocycles. The Morgan fingerprint density at radius 3 is 2.63 bits per heavy atom. The molecule has 0 amide bonds. The van der Waals surface area contributed by atoms with E-state index in [1.807, 2.05) is 19.1 Å². The summed E-state index contributed by atoms with van der Waals surface area (Å²) in [4.78, 5) is 16.5. The van der Waals surface area contributed by atoms with Gasteiger partial charge in [-0.25, -0.2) is 9.79 Å². The number of cyclic esters (lactones) is 1. The third-order valence-electron chi connectivity index (χ3n) is 3.80. The number of methoxy groups -OCH3 is 2. The van der Waals surface area contributed by atoms with Gasteiger partial charge in [-0.15, -0.1) is 0 Å². The van der Waals surface area contributed by atoms with E-state index >= 15 is 0 Å². The van der Waals surface area contributed by atoms with Gasteiger partial charge in [0.05, 0.1) is 31.4 Å². The van der Waals surface area contributed by atoms with E-state index in [-0.39, 0.29) is 11.6 Å². The smallest absolute Gasteiger partial charge is 0.363 e. The summed E-state index contributed by atoms with van der Waals surface area (Å²) in [5, 5.41) is 0.371. The number of benzene rings is 2. The zero-order valence-corrected chi connectivity index (χ0v) is 15.9. The van der Waals surface area contributed by atoms with E-state index in [9.17, 15) is 4.79 Å². The van der Waals surface area contributed by atoms with Crippen molar-refractivity contribution >= 4 is 29.5 Å². The Kier molecular flexibility index (Phi) is 5.66. The summed E-state index contributed by atoms with van der Waals surface area (Å²) >= 11 is 6.25. The monoisotopic (exact) mass is 387 g/mol. The molecule has 0 N–H and O–H groups in total. The van der Waals surface area contributed by atoms with E-state index in [1.165, 1.54) is 7.11 Å². The Morgan fingerprint density at radius 1 is 1.15 bits per heavy atom. The number of ether oxygens (including phenoxy) is 4. The van der Waals surface area contributed by atoms with E-state index in [0.29, 0.717) is 40.0 Å². The lowest BCUT2D eigenvalue weighted by atomic mass is 10.1. The van der Waals surface area contributed by atoms with Crippen molar-refractivity contribution in [3.05, 3.63) is 58.2 Å². The van der Waals surface area contributed by atoms with Crippen LogP contribution in [0.15, 0.2) is 47.1 Å². The molecule has 0 spiro atoms. The van der Waals surface area contributed by atoms with E-state index in [1.54, 1.807) is 37.5 Å². The van der Waals surface area contributed by atoms with Crippen molar-refractivity contribution in [2.75, 3.05) is 20.8 Å². The van der Waals surface area contributed by atoms with Gasteiger partial charge in [-0.3, -0.25) is 0 Å². The molecule has 3 rings (SSSR count). The minimum atomic E-state index is -0.555. The first-order valence-corrected chi connectivity index (χ1v) is 8.61. The van der Waals surface area contributed by atoms with E-state index < -0.39 is 5.97 Å².